The molecule has 3 fully saturated rings. The van der Waals surface area contributed by atoms with Crippen molar-refractivity contribution in [1.29, 1.82) is 0 Å². The summed E-state index contributed by atoms with van der Waals surface area (Å²) in [5, 5.41) is 0. The number of nitrogens with zero attached hydrogens (tertiary/aromatic N) is 3. The molecule has 0 atom stereocenters. The molecule has 0 spiro atoms. The third kappa shape index (κ3) is 3.87. The van der Waals surface area contributed by atoms with Crippen molar-refractivity contribution in [2.45, 2.75) is 19.6 Å². The van der Waals surface area contributed by atoms with Crippen LogP contribution < -0.4 is 0 Å². The quantitative estimate of drug-likeness (QED) is 0.414. The van der Waals surface area contributed by atoms with Gasteiger partial charge in [-0.05, 0) is 19.6 Å². The summed E-state index contributed by atoms with van der Waals surface area (Å²) in [6.07, 6.45) is 1.52. The summed E-state index contributed by atoms with van der Waals surface area (Å²) in [6.45, 7) is 11.5. The van der Waals surface area contributed by atoms with Crippen molar-refractivity contribution < 1.29 is 13.9 Å². The van der Waals surface area contributed by atoms with Gasteiger partial charge in [0.25, 0.3) is 8.05 Å². The lowest BCUT2D eigenvalue weighted by atomic mass is 10.0. The molecule has 3 saturated heterocycles. The Labute approximate surface area is 139 Å². The zero-order valence-electron chi connectivity index (χ0n) is 14.0. The van der Waals surface area contributed by atoms with Gasteiger partial charge in [-0.15, -0.1) is 0 Å². The fraction of sp³-hybridized carbons (Fsp3) is 0.600. The highest BCUT2D eigenvalue weighted by molar-refractivity contribution is 6.72. The second-order valence-corrected chi connectivity index (χ2v) is 11.6. The molecule has 0 bridgehead atoms. The van der Waals surface area contributed by atoms with Crippen LogP contribution in [0.1, 0.15) is 0 Å². The molecule has 0 aromatic carbocycles. The maximum atomic E-state index is 12.4. The van der Waals surface area contributed by atoms with Gasteiger partial charge in [0.15, 0.2) is 8.32 Å². The molecule has 1 aliphatic carbocycles. The van der Waals surface area contributed by atoms with Gasteiger partial charge in [0.1, 0.15) is 11.4 Å². The van der Waals surface area contributed by atoms with Crippen molar-refractivity contribution >= 4 is 27.9 Å². The van der Waals surface area contributed by atoms with Gasteiger partial charge in [-0.3, -0.25) is 9.59 Å². The Bertz CT molecular complexity index is 600. The van der Waals surface area contributed by atoms with Gasteiger partial charge in [0, 0.05) is 45.3 Å². The van der Waals surface area contributed by atoms with Gasteiger partial charge >= 0.3 is 0 Å². The molecular formula is C15H22BN3O3Si. The average Bonchev–Trinajstić information content (AvgIpc) is 3.34. The number of ketones is 2. The minimum Gasteiger partial charge on any atom is -0.485 e. The summed E-state index contributed by atoms with van der Waals surface area (Å²) in [5.41, 5.74) is 1.89. The first-order chi connectivity index (χ1) is 10.8. The van der Waals surface area contributed by atoms with Crippen LogP contribution in [0.2, 0.25) is 19.6 Å². The first-order valence-corrected chi connectivity index (χ1v) is 11.4. The molecule has 0 unspecified atom stereocenters. The van der Waals surface area contributed by atoms with Crippen LogP contribution in [0.25, 0.3) is 0 Å². The van der Waals surface area contributed by atoms with E-state index in [1.807, 2.05) is 34.3 Å². The molecule has 8 heteroatoms. The number of allylic oxidation sites excluding steroid dienone is 1. The first-order valence-electron chi connectivity index (χ1n) is 7.99. The molecule has 3 heterocycles. The van der Waals surface area contributed by atoms with E-state index in [-0.39, 0.29) is 11.6 Å². The van der Waals surface area contributed by atoms with Crippen molar-refractivity contribution in [1.82, 2.24) is 14.7 Å². The van der Waals surface area contributed by atoms with Gasteiger partial charge in [-0.1, -0.05) is 0 Å². The molecule has 4 rings (SSSR count). The maximum absolute atomic E-state index is 12.4. The minimum atomic E-state index is -1.35. The summed E-state index contributed by atoms with van der Waals surface area (Å²) in [5.74, 6) is 0.0485. The van der Waals surface area contributed by atoms with Crippen molar-refractivity contribution in [2.24, 2.45) is 0 Å². The van der Waals surface area contributed by atoms with Crippen molar-refractivity contribution in [3.8, 4) is 0 Å². The molecule has 0 N–H and O–H groups in total. The van der Waals surface area contributed by atoms with Crippen molar-refractivity contribution in [2.75, 3.05) is 39.3 Å². The predicted molar refractivity (Wildman–Crippen MR) is 90.0 cm³/mol. The van der Waals surface area contributed by atoms with E-state index in [0.29, 0.717) is 17.1 Å². The van der Waals surface area contributed by atoms with Crippen LogP contribution in [0.15, 0.2) is 23.2 Å². The highest BCUT2D eigenvalue weighted by Gasteiger charge is 2.43. The SMILES string of the molecule is O=C1C=C(N2CC2)C(=O)C(N2CC2)=C1N1CC1.[B]O[Si](C)(C)C. The molecule has 122 valence electrons. The highest BCUT2D eigenvalue weighted by atomic mass is 28.4. The van der Waals surface area contributed by atoms with E-state index in [2.05, 4.69) is 4.34 Å². The second-order valence-electron chi connectivity index (χ2n) is 7.11. The van der Waals surface area contributed by atoms with Crippen LogP contribution in [0.5, 0.6) is 0 Å². The number of hydrogen-bond donors (Lipinski definition) is 0. The summed E-state index contributed by atoms with van der Waals surface area (Å²) < 4.78 is 4.58. The monoisotopic (exact) mass is 331 g/mol. The predicted octanol–water partition coefficient (Wildman–Crippen LogP) is 0.102. The Morgan fingerprint density at radius 1 is 0.913 bits per heavy atom. The summed E-state index contributed by atoms with van der Waals surface area (Å²) in [4.78, 5) is 30.5. The lowest BCUT2D eigenvalue weighted by Crippen LogP contribution is -2.29. The van der Waals surface area contributed by atoms with Crippen molar-refractivity contribution in [3.05, 3.63) is 23.2 Å². The van der Waals surface area contributed by atoms with E-state index >= 15 is 0 Å². The van der Waals surface area contributed by atoms with Gasteiger partial charge in [-0.2, -0.15) is 0 Å². The fourth-order valence-corrected chi connectivity index (χ4v) is 2.28. The van der Waals surface area contributed by atoms with Crippen LogP contribution in [0.3, 0.4) is 0 Å². The van der Waals surface area contributed by atoms with Gasteiger partial charge in [-0.25, -0.2) is 0 Å². The van der Waals surface area contributed by atoms with E-state index < -0.39 is 8.32 Å². The van der Waals surface area contributed by atoms with E-state index in [9.17, 15) is 9.59 Å². The van der Waals surface area contributed by atoms with E-state index in [1.54, 1.807) is 0 Å². The average molecular weight is 331 g/mol. The van der Waals surface area contributed by atoms with Gasteiger partial charge in [0.05, 0.1) is 5.70 Å². The largest absolute Gasteiger partial charge is 0.485 e. The Morgan fingerprint density at radius 3 is 1.74 bits per heavy atom. The molecule has 2 radical (unpaired) electrons. The Hall–Kier alpha value is -1.54. The zero-order chi connectivity index (χ0) is 16.8. The van der Waals surface area contributed by atoms with Gasteiger partial charge in [0.2, 0.25) is 11.6 Å². The molecular weight excluding hydrogens is 309 g/mol. The molecule has 3 aliphatic heterocycles. The number of carbonyl (C=O) groups is 2. The van der Waals surface area contributed by atoms with Crippen LogP contribution >= 0.6 is 0 Å². The lowest BCUT2D eigenvalue weighted by molar-refractivity contribution is -0.117. The molecule has 0 saturated carbocycles. The van der Waals surface area contributed by atoms with Crippen LogP contribution in [0.4, 0.5) is 0 Å². The number of rotatable bonds is 4. The Morgan fingerprint density at radius 2 is 1.35 bits per heavy atom. The Balaban J connectivity index is 0.000000227. The molecule has 0 aromatic heterocycles. The summed E-state index contributed by atoms with van der Waals surface area (Å²) in [7, 11) is 3.51. The molecule has 0 amide bonds. The maximum Gasteiger partial charge on any atom is 0.263 e. The molecule has 6 nitrogen and oxygen atoms in total. The zero-order valence-corrected chi connectivity index (χ0v) is 15.0. The fourth-order valence-electron chi connectivity index (χ4n) is 2.28. The smallest absolute Gasteiger partial charge is 0.263 e. The lowest BCUT2D eigenvalue weighted by Gasteiger charge is -2.21. The summed E-state index contributed by atoms with van der Waals surface area (Å²) in [6, 6.07) is 0. The van der Waals surface area contributed by atoms with Gasteiger partial charge < -0.3 is 19.0 Å². The summed E-state index contributed by atoms with van der Waals surface area (Å²) >= 11 is 0. The molecule has 4 aliphatic rings. The standard InChI is InChI=1S/C12H13N3O2.C3H9BOSi/c16-9-7-8(13-1-2-13)12(17)11(15-5-6-15)10(9)14-3-4-14;1-6(2,3)5-4/h7H,1-6H2;1-3H3. The number of hydrogen-bond acceptors (Lipinski definition) is 6. The van der Waals surface area contributed by atoms with Crippen LogP contribution in [0, 0.1) is 0 Å². The second kappa shape index (κ2) is 5.83. The first kappa shape index (κ1) is 16.3. The van der Waals surface area contributed by atoms with Crippen LogP contribution in [-0.4, -0.2) is 81.9 Å². The van der Waals surface area contributed by atoms with E-state index in [1.165, 1.54) is 6.08 Å². The number of carbonyl (C=O) groups excluding carboxylic acids is 2. The minimum absolute atomic E-state index is 0.00546. The highest BCUT2D eigenvalue weighted by Crippen LogP contribution is 2.33. The third-order valence-electron chi connectivity index (χ3n) is 3.84. The van der Waals surface area contributed by atoms with Crippen LogP contribution in [-0.2, 0) is 13.9 Å². The topological polar surface area (TPSA) is 52.4 Å². The normalized spacial score (nSPS) is 22.7. The Kier molecular flexibility index (Phi) is 4.14. The van der Waals surface area contributed by atoms with E-state index in [4.69, 9.17) is 8.05 Å². The molecule has 23 heavy (non-hydrogen) atoms. The third-order valence-corrected chi connectivity index (χ3v) is 4.55. The van der Waals surface area contributed by atoms with E-state index in [0.717, 1.165) is 39.3 Å². The number of Topliss-reactive ketones (excluding diaryl/α,β-unsaturated/α-hetero) is 1. The molecule has 0 aromatic rings. The van der Waals surface area contributed by atoms with Crippen molar-refractivity contribution in [3.63, 3.8) is 0 Å².